The maximum Gasteiger partial charge on any atom is 0.108 e. The van der Waals surface area contributed by atoms with Gasteiger partial charge < -0.3 is 9.88 Å². The van der Waals surface area contributed by atoms with Crippen LogP contribution < -0.4 is 5.32 Å². The molecule has 2 aromatic rings. The number of aryl methyl sites for hydroxylation is 2. The summed E-state index contributed by atoms with van der Waals surface area (Å²) in [7, 11) is 2.05. The van der Waals surface area contributed by atoms with Crippen LogP contribution in [0.25, 0.3) is 0 Å². The lowest BCUT2D eigenvalue weighted by molar-refractivity contribution is 0.505. The van der Waals surface area contributed by atoms with E-state index in [9.17, 15) is 0 Å². The van der Waals surface area contributed by atoms with Gasteiger partial charge in [-0.3, -0.25) is 0 Å². The van der Waals surface area contributed by atoms with Gasteiger partial charge in [0, 0.05) is 36.8 Å². The van der Waals surface area contributed by atoms with Crippen LogP contribution in [0.5, 0.6) is 0 Å². The predicted octanol–water partition coefficient (Wildman–Crippen LogP) is 3.43. The van der Waals surface area contributed by atoms with Crippen LogP contribution in [-0.2, 0) is 13.5 Å². The van der Waals surface area contributed by atoms with Gasteiger partial charge in [-0.25, -0.2) is 4.98 Å². The third-order valence-electron chi connectivity index (χ3n) is 3.55. The van der Waals surface area contributed by atoms with E-state index in [1.54, 1.807) is 11.8 Å². The molecule has 0 aliphatic carbocycles. The molecule has 0 saturated carbocycles. The maximum absolute atomic E-state index is 4.40. The number of imidazole rings is 1. The number of thioether (sulfide) groups is 1. The minimum absolute atomic E-state index is 0.396. The van der Waals surface area contributed by atoms with Crippen LogP contribution in [0.2, 0.25) is 0 Å². The zero-order chi connectivity index (χ0) is 14.4. The Balaban J connectivity index is 2.04. The molecule has 0 aliphatic heterocycles. The van der Waals surface area contributed by atoms with Crippen LogP contribution >= 0.6 is 11.8 Å². The maximum atomic E-state index is 4.40. The van der Waals surface area contributed by atoms with E-state index in [-0.39, 0.29) is 0 Å². The summed E-state index contributed by atoms with van der Waals surface area (Å²) in [5.74, 6) is 1.15. The Morgan fingerprint density at radius 2 is 2.05 bits per heavy atom. The van der Waals surface area contributed by atoms with E-state index >= 15 is 0 Å². The van der Waals surface area contributed by atoms with Crippen molar-refractivity contribution in [3.8, 4) is 0 Å². The third kappa shape index (κ3) is 3.87. The Labute approximate surface area is 125 Å². The molecule has 1 heterocycles. The topological polar surface area (TPSA) is 29.9 Å². The van der Waals surface area contributed by atoms with E-state index in [0.717, 1.165) is 25.2 Å². The molecule has 1 atom stereocenters. The highest BCUT2D eigenvalue weighted by Gasteiger charge is 2.11. The Bertz CT molecular complexity index is 519. The molecular formula is C16H23N3S. The van der Waals surface area contributed by atoms with Gasteiger partial charge >= 0.3 is 0 Å². The second-order valence-electron chi connectivity index (χ2n) is 4.88. The average molecular weight is 289 g/mol. The SMILES string of the molecule is CCNC(CCc1nccn1C)c1ccc(SC)cc1. The molecule has 1 aromatic carbocycles. The van der Waals surface area contributed by atoms with E-state index in [4.69, 9.17) is 0 Å². The van der Waals surface area contributed by atoms with Crippen LogP contribution in [0.3, 0.4) is 0 Å². The summed E-state index contributed by atoms with van der Waals surface area (Å²) < 4.78 is 2.10. The second-order valence-corrected chi connectivity index (χ2v) is 5.76. The summed E-state index contributed by atoms with van der Waals surface area (Å²) in [6.45, 7) is 3.14. The van der Waals surface area contributed by atoms with Crippen LogP contribution in [0.15, 0.2) is 41.6 Å². The lowest BCUT2D eigenvalue weighted by Crippen LogP contribution is -2.21. The van der Waals surface area contributed by atoms with Crippen molar-refractivity contribution in [3.05, 3.63) is 48.0 Å². The number of hydrogen-bond donors (Lipinski definition) is 1. The smallest absolute Gasteiger partial charge is 0.108 e. The van der Waals surface area contributed by atoms with Gasteiger partial charge in [0.1, 0.15) is 5.82 Å². The van der Waals surface area contributed by atoms with Gasteiger partial charge in [0.15, 0.2) is 0 Å². The van der Waals surface area contributed by atoms with Crippen molar-refractivity contribution in [1.29, 1.82) is 0 Å². The molecule has 108 valence electrons. The zero-order valence-electron chi connectivity index (χ0n) is 12.5. The van der Waals surface area contributed by atoms with E-state index < -0.39 is 0 Å². The largest absolute Gasteiger partial charge is 0.338 e. The van der Waals surface area contributed by atoms with Crippen LogP contribution in [0.1, 0.15) is 30.8 Å². The highest BCUT2D eigenvalue weighted by atomic mass is 32.2. The van der Waals surface area contributed by atoms with E-state index in [2.05, 4.69) is 59.4 Å². The van der Waals surface area contributed by atoms with E-state index in [1.807, 2.05) is 12.4 Å². The van der Waals surface area contributed by atoms with Crippen molar-refractivity contribution in [3.63, 3.8) is 0 Å². The predicted molar refractivity (Wildman–Crippen MR) is 86.2 cm³/mol. The monoisotopic (exact) mass is 289 g/mol. The van der Waals surface area contributed by atoms with Crippen molar-refractivity contribution < 1.29 is 0 Å². The fraction of sp³-hybridized carbons (Fsp3) is 0.438. The van der Waals surface area contributed by atoms with Gasteiger partial charge in [0.05, 0.1) is 0 Å². The summed E-state index contributed by atoms with van der Waals surface area (Å²) in [4.78, 5) is 5.71. The first-order chi connectivity index (χ1) is 9.74. The number of nitrogens with one attached hydrogen (secondary N) is 1. The van der Waals surface area contributed by atoms with E-state index in [1.165, 1.54) is 10.5 Å². The van der Waals surface area contributed by atoms with Crippen molar-refractivity contribution >= 4 is 11.8 Å². The summed E-state index contributed by atoms with van der Waals surface area (Å²) >= 11 is 1.78. The van der Waals surface area contributed by atoms with Crippen molar-refractivity contribution in [2.75, 3.05) is 12.8 Å². The fourth-order valence-corrected chi connectivity index (χ4v) is 2.79. The van der Waals surface area contributed by atoms with Crippen molar-refractivity contribution in [2.45, 2.75) is 30.7 Å². The lowest BCUT2D eigenvalue weighted by atomic mass is 10.0. The van der Waals surface area contributed by atoms with Gasteiger partial charge in [0.2, 0.25) is 0 Å². The highest BCUT2D eigenvalue weighted by Crippen LogP contribution is 2.22. The molecule has 4 heteroatoms. The first-order valence-corrected chi connectivity index (χ1v) is 8.30. The van der Waals surface area contributed by atoms with Crippen molar-refractivity contribution in [1.82, 2.24) is 14.9 Å². The standard InChI is InChI=1S/C16H23N3S/c1-4-17-15(9-10-16-18-11-12-19(16)2)13-5-7-14(20-3)8-6-13/h5-8,11-12,15,17H,4,9-10H2,1-3H3. The quantitative estimate of drug-likeness (QED) is 0.792. The van der Waals surface area contributed by atoms with E-state index in [0.29, 0.717) is 6.04 Å². The molecule has 0 bridgehead atoms. The van der Waals surface area contributed by atoms with Crippen molar-refractivity contribution in [2.24, 2.45) is 7.05 Å². The minimum atomic E-state index is 0.396. The second kappa shape index (κ2) is 7.50. The summed E-state index contributed by atoms with van der Waals surface area (Å²) in [6, 6.07) is 9.26. The summed E-state index contributed by atoms with van der Waals surface area (Å²) in [5, 5.41) is 3.57. The number of rotatable bonds is 7. The number of hydrogen-bond acceptors (Lipinski definition) is 3. The Morgan fingerprint density at radius 3 is 2.60 bits per heavy atom. The number of aromatic nitrogens is 2. The molecular weight excluding hydrogens is 266 g/mol. The molecule has 1 unspecified atom stereocenters. The molecule has 3 nitrogen and oxygen atoms in total. The molecule has 1 aromatic heterocycles. The molecule has 2 rings (SSSR count). The molecule has 0 fully saturated rings. The molecule has 1 N–H and O–H groups in total. The Hall–Kier alpha value is -1.26. The lowest BCUT2D eigenvalue weighted by Gasteiger charge is -2.18. The Kier molecular flexibility index (Phi) is 5.68. The Morgan fingerprint density at radius 1 is 1.30 bits per heavy atom. The number of nitrogens with zero attached hydrogens (tertiary/aromatic N) is 2. The van der Waals surface area contributed by atoms with Gasteiger partial charge in [-0.2, -0.15) is 0 Å². The van der Waals surface area contributed by atoms with Crippen LogP contribution in [0.4, 0.5) is 0 Å². The van der Waals surface area contributed by atoms with Gasteiger partial charge in [-0.1, -0.05) is 19.1 Å². The zero-order valence-corrected chi connectivity index (χ0v) is 13.3. The van der Waals surface area contributed by atoms with Crippen LogP contribution in [0, 0.1) is 0 Å². The minimum Gasteiger partial charge on any atom is -0.338 e. The van der Waals surface area contributed by atoms with Crippen LogP contribution in [-0.4, -0.2) is 22.4 Å². The fourth-order valence-electron chi connectivity index (χ4n) is 2.38. The average Bonchev–Trinajstić information content (AvgIpc) is 2.89. The van der Waals surface area contributed by atoms with Gasteiger partial charge in [-0.15, -0.1) is 11.8 Å². The first kappa shape index (κ1) is 15.1. The molecule has 20 heavy (non-hydrogen) atoms. The van der Waals surface area contributed by atoms with Gasteiger partial charge in [0.25, 0.3) is 0 Å². The molecule has 0 saturated heterocycles. The summed E-state index contributed by atoms with van der Waals surface area (Å²) in [6.07, 6.45) is 8.04. The third-order valence-corrected chi connectivity index (χ3v) is 4.29. The number of benzene rings is 1. The normalized spacial score (nSPS) is 12.6. The highest BCUT2D eigenvalue weighted by molar-refractivity contribution is 7.98. The first-order valence-electron chi connectivity index (χ1n) is 7.08. The molecule has 0 amide bonds. The molecule has 0 spiro atoms. The molecule has 0 radical (unpaired) electrons. The van der Waals surface area contributed by atoms with Gasteiger partial charge in [-0.05, 0) is 36.9 Å². The molecule has 0 aliphatic rings. The summed E-state index contributed by atoms with van der Waals surface area (Å²) in [5.41, 5.74) is 1.36.